The van der Waals surface area contributed by atoms with Gasteiger partial charge in [0.2, 0.25) is 0 Å². The number of hydrogen-bond acceptors (Lipinski definition) is 5. The van der Waals surface area contributed by atoms with E-state index in [1.165, 1.54) is 23.2 Å². The third kappa shape index (κ3) is 2.62. The summed E-state index contributed by atoms with van der Waals surface area (Å²) in [6.45, 7) is 0. The van der Waals surface area contributed by atoms with Crippen molar-refractivity contribution >= 4 is 21.0 Å². The number of halogens is 3. The number of aromatic nitrogens is 4. The molecule has 3 aromatic rings. The van der Waals surface area contributed by atoms with Crippen LogP contribution >= 0.6 is 0 Å². The van der Waals surface area contributed by atoms with Crippen LogP contribution in [0.15, 0.2) is 35.9 Å². The molecular formula is C14H11F3N4O2S. The smallest absolute Gasteiger partial charge is 0.318 e. The summed E-state index contributed by atoms with van der Waals surface area (Å²) in [5, 5.41) is 0. The van der Waals surface area contributed by atoms with Crippen LogP contribution in [0.1, 0.15) is 5.56 Å². The average molecular weight is 356 g/mol. The van der Waals surface area contributed by atoms with Gasteiger partial charge >= 0.3 is 6.18 Å². The Morgan fingerprint density at radius 2 is 1.88 bits per heavy atom. The molecule has 0 aliphatic rings. The number of aryl methyl sites for hydroxylation is 1. The first-order valence-corrected chi connectivity index (χ1v) is 8.51. The molecule has 126 valence electrons. The van der Waals surface area contributed by atoms with Crippen LogP contribution in [0.5, 0.6) is 0 Å². The van der Waals surface area contributed by atoms with E-state index in [-0.39, 0.29) is 27.2 Å². The van der Waals surface area contributed by atoms with Gasteiger partial charge in [0.05, 0.1) is 16.8 Å². The molecule has 3 heterocycles. The third-order valence-corrected chi connectivity index (χ3v) is 4.61. The van der Waals surface area contributed by atoms with Crippen molar-refractivity contribution in [2.24, 2.45) is 7.05 Å². The van der Waals surface area contributed by atoms with E-state index in [4.69, 9.17) is 0 Å². The monoisotopic (exact) mass is 356 g/mol. The highest BCUT2D eigenvalue weighted by Gasteiger charge is 2.37. The molecule has 0 aliphatic carbocycles. The Bertz CT molecular complexity index is 1040. The molecular weight excluding hydrogens is 345 g/mol. The van der Waals surface area contributed by atoms with Crippen LogP contribution in [-0.2, 0) is 23.1 Å². The minimum absolute atomic E-state index is 0.0246. The second-order valence-electron chi connectivity index (χ2n) is 5.22. The van der Waals surface area contributed by atoms with Crippen LogP contribution in [-0.4, -0.2) is 34.2 Å². The zero-order chi connectivity index (χ0) is 17.7. The lowest BCUT2D eigenvalue weighted by atomic mass is 10.0. The lowest BCUT2D eigenvalue weighted by Crippen LogP contribution is -2.10. The lowest BCUT2D eigenvalue weighted by Gasteiger charge is -2.15. The van der Waals surface area contributed by atoms with Gasteiger partial charge in [-0.05, 0) is 6.07 Å². The first kappa shape index (κ1) is 16.4. The first-order valence-electron chi connectivity index (χ1n) is 6.62. The van der Waals surface area contributed by atoms with Crippen molar-refractivity contribution in [2.45, 2.75) is 11.1 Å². The number of hydrogen-bond donors (Lipinski definition) is 0. The summed E-state index contributed by atoms with van der Waals surface area (Å²) in [6.07, 6.45) is 0.470. The molecule has 6 nitrogen and oxygen atoms in total. The van der Waals surface area contributed by atoms with Crippen molar-refractivity contribution in [3.63, 3.8) is 0 Å². The predicted octanol–water partition coefficient (Wildman–Crippen LogP) is 2.45. The highest BCUT2D eigenvalue weighted by Crippen LogP contribution is 2.41. The van der Waals surface area contributed by atoms with E-state index in [2.05, 4.69) is 15.0 Å². The molecule has 10 heteroatoms. The summed E-state index contributed by atoms with van der Waals surface area (Å²) in [5.41, 5.74) is -1.29. The van der Waals surface area contributed by atoms with Crippen LogP contribution in [0.2, 0.25) is 0 Å². The van der Waals surface area contributed by atoms with Crippen molar-refractivity contribution in [1.29, 1.82) is 0 Å². The van der Waals surface area contributed by atoms with E-state index >= 15 is 0 Å². The van der Waals surface area contributed by atoms with E-state index in [0.29, 0.717) is 6.20 Å². The summed E-state index contributed by atoms with van der Waals surface area (Å²) in [4.78, 5) is 11.2. The third-order valence-electron chi connectivity index (χ3n) is 3.49. The van der Waals surface area contributed by atoms with Crippen LogP contribution in [0.3, 0.4) is 0 Å². The fraction of sp³-hybridized carbons (Fsp3) is 0.214. The zero-order valence-electron chi connectivity index (χ0n) is 12.5. The van der Waals surface area contributed by atoms with Gasteiger partial charge in [-0.2, -0.15) is 13.2 Å². The van der Waals surface area contributed by atoms with Gasteiger partial charge in [0.25, 0.3) is 0 Å². The molecule has 0 aliphatic heterocycles. The molecule has 0 spiro atoms. The molecule has 24 heavy (non-hydrogen) atoms. The number of alkyl halides is 3. The molecule has 0 saturated carbocycles. The maximum absolute atomic E-state index is 13.5. The van der Waals surface area contributed by atoms with Crippen molar-refractivity contribution in [3.8, 4) is 11.1 Å². The molecule has 0 fully saturated rings. The molecule has 0 radical (unpaired) electrons. The second-order valence-corrected chi connectivity index (χ2v) is 7.20. The molecule has 0 unspecified atom stereocenters. The molecule has 0 bridgehead atoms. The fourth-order valence-electron chi connectivity index (χ4n) is 2.44. The van der Waals surface area contributed by atoms with Crippen molar-refractivity contribution in [3.05, 3.63) is 36.5 Å². The quantitative estimate of drug-likeness (QED) is 0.705. The van der Waals surface area contributed by atoms with Gasteiger partial charge in [-0.25, -0.2) is 18.4 Å². The SMILES string of the molecule is Cn1cnc2c(-c3ccncc3S(C)(=O)=O)c(C(F)(F)F)cnc21. The van der Waals surface area contributed by atoms with Gasteiger partial charge in [-0.15, -0.1) is 0 Å². The molecule has 0 N–H and O–H groups in total. The van der Waals surface area contributed by atoms with E-state index in [1.54, 1.807) is 7.05 Å². The summed E-state index contributed by atoms with van der Waals surface area (Å²) < 4.78 is 65.8. The zero-order valence-corrected chi connectivity index (χ0v) is 13.4. The van der Waals surface area contributed by atoms with E-state index < -0.39 is 21.6 Å². The van der Waals surface area contributed by atoms with E-state index in [9.17, 15) is 21.6 Å². The van der Waals surface area contributed by atoms with Crippen LogP contribution < -0.4 is 0 Å². The Balaban J connectivity index is 2.50. The van der Waals surface area contributed by atoms with Crippen molar-refractivity contribution < 1.29 is 21.6 Å². The lowest BCUT2D eigenvalue weighted by molar-refractivity contribution is -0.137. The fourth-order valence-corrected chi connectivity index (χ4v) is 3.26. The Kier molecular flexibility index (Phi) is 3.59. The number of imidazole rings is 1. The maximum atomic E-state index is 13.5. The first-order chi connectivity index (χ1) is 11.1. The van der Waals surface area contributed by atoms with Gasteiger partial charge < -0.3 is 4.57 Å². The van der Waals surface area contributed by atoms with Crippen LogP contribution in [0.4, 0.5) is 13.2 Å². The standard InChI is InChI=1S/C14H11F3N4O2S/c1-21-7-20-12-11(9(14(15,16)17)5-19-13(12)21)8-3-4-18-6-10(8)24(2,22)23/h3-7H,1-2H3. The normalized spacial score (nSPS) is 12.7. The number of sulfone groups is 1. The van der Waals surface area contributed by atoms with Gasteiger partial charge in [0.15, 0.2) is 15.5 Å². The van der Waals surface area contributed by atoms with Gasteiger partial charge in [-0.1, -0.05) is 0 Å². The molecule has 0 saturated heterocycles. The van der Waals surface area contributed by atoms with Crippen LogP contribution in [0.25, 0.3) is 22.3 Å². The minimum Gasteiger partial charge on any atom is -0.318 e. The molecule has 0 aromatic carbocycles. The molecule has 3 rings (SSSR count). The number of fused-ring (bicyclic) bond motifs is 1. The summed E-state index contributed by atoms with van der Waals surface area (Å²) in [7, 11) is -2.20. The highest BCUT2D eigenvalue weighted by molar-refractivity contribution is 7.90. The van der Waals surface area contributed by atoms with Gasteiger partial charge in [0, 0.05) is 43.0 Å². The summed E-state index contributed by atoms with van der Waals surface area (Å²) in [6, 6.07) is 1.23. The number of pyridine rings is 2. The molecule has 3 aromatic heterocycles. The van der Waals surface area contributed by atoms with Gasteiger partial charge in [-0.3, -0.25) is 4.98 Å². The van der Waals surface area contributed by atoms with Crippen LogP contribution in [0, 0.1) is 0 Å². The largest absolute Gasteiger partial charge is 0.418 e. The Morgan fingerprint density at radius 1 is 1.17 bits per heavy atom. The topological polar surface area (TPSA) is 77.7 Å². The summed E-state index contributed by atoms with van der Waals surface area (Å²) >= 11 is 0. The molecule has 0 atom stereocenters. The Labute approximate surface area is 134 Å². The van der Waals surface area contributed by atoms with Crippen molar-refractivity contribution in [1.82, 2.24) is 19.5 Å². The minimum atomic E-state index is -4.72. The second kappa shape index (κ2) is 5.26. The summed E-state index contributed by atoms with van der Waals surface area (Å²) in [5.74, 6) is 0. The van der Waals surface area contributed by atoms with Gasteiger partial charge in [0.1, 0.15) is 5.52 Å². The van der Waals surface area contributed by atoms with E-state index in [0.717, 1.165) is 12.5 Å². The molecule has 0 amide bonds. The maximum Gasteiger partial charge on any atom is 0.418 e. The van der Waals surface area contributed by atoms with E-state index in [1.807, 2.05) is 0 Å². The number of rotatable bonds is 2. The Hall–Kier alpha value is -2.49. The Morgan fingerprint density at radius 3 is 2.50 bits per heavy atom. The predicted molar refractivity (Wildman–Crippen MR) is 79.9 cm³/mol. The number of nitrogens with zero attached hydrogens (tertiary/aromatic N) is 4. The average Bonchev–Trinajstić information content (AvgIpc) is 2.86. The van der Waals surface area contributed by atoms with Crippen molar-refractivity contribution in [2.75, 3.05) is 6.26 Å². The highest BCUT2D eigenvalue weighted by atomic mass is 32.2.